The van der Waals surface area contributed by atoms with Crippen molar-refractivity contribution < 1.29 is 13.9 Å². The average Bonchev–Trinajstić information content (AvgIpc) is 2.76. The molecule has 2 heterocycles. The number of benzene rings is 2. The first kappa shape index (κ1) is 18.4. The maximum atomic E-state index is 14.6. The number of hydrogen-bond acceptors (Lipinski definition) is 6. The molecule has 2 aromatic heterocycles. The monoisotopic (exact) mass is 392 g/mol. The number of fused-ring (bicyclic) bond motifs is 1. The van der Waals surface area contributed by atoms with Gasteiger partial charge in [0, 0.05) is 30.2 Å². The largest absolute Gasteiger partial charge is 0.497 e. The molecule has 146 valence electrons. The molecule has 0 atom stereocenters. The van der Waals surface area contributed by atoms with E-state index in [1.165, 1.54) is 37.2 Å². The molecule has 0 unspecified atom stereocenters. The summed E-state index contributed by atoms with van der Waals surface area (Å²) >= 11 is 0. The third-order valence-corrected chi connectivity index (χ3v) is 4.45. The zero-order chi connectivity index (χ0) is 20.4. The van der Waals surface area contributed by atoms with Gasteiger partial charge in [0.05, 0.1) is 36.5 Å². The van der Waals surface area contributed by atoms with Crippen LogP contribution in [0.2, 0.25) is 0 Å². The first-order valence-corrected chi connectivity index (χ1v) is 8.71. The number of hydrogen-bond donors (Lipinski definition) is 1. The van der Waals surface area contributed by atoms with Crippen molar-refractivity contribution in [2.45, 2.75) is 0 Å². The average molecular weight is 392 g/mol. The van der Waals surface area contributed by atoms with Crippen molar-refractivity contribution >= 4 is 22.3 Å². The summed E-state index contributed by atoms with van der Waals surface area (Å²) in [5, 5.41) is 3.37. The van der Waals surface area contributed by atoms with Crippen molar-refractivity contribution in [1.82, 2.24) is 14.5 Å². The lowest BCUT2D eigenvalue weighted by molar-refractivity contribution is 0.375. The van der Waals surface area contributed by atoms with Crippen LogP contribution < -0.4 is 20.3 Å². The molecule has 0 aliphatic carbocycles. The fraction of sp³-hybridized carbons (Fsp3) is 0.0952. The molecular weight excluding hydrogens is 375 g/mol. The van der Waals surface area contributed by atoms with Gasteiger partial charge >= 0.3 is 0 Å². The van der Waals surface area contributed by atoms with Crippen molar-refractivity contribution in [1.29, 1.82) is 0 Å². The second-order valence-corrected chi connectivity index (χ2v) is 6.17. The summed E-state index contributed by atoms with van der Waals surface area (Å²) in [7, 11) is 2.87. The van der Waals surface area contributed by atoms with Crippen LogP contribution in [-0.4, -0.2) is 28.8 Å². The fourth-order valence-corrected chi connectivity index (χ4v) is 2.97. The van der Waals surface area contributed by atoms with Gasteiger partial charge in [0.1, 0.15) is 12.1 Å². The van der Waals surface area contributed by atoms with Gasteiger partial charge in [-0.3, -0.25) is 14.3 Å². The standard InChI is InChI=1S/C21H17FN4O3/c1-28-15-10-18(20(22)19(11-15)29-2)25-13-3-4-17-16(9-13)21(27)26(12-24-17)14-5-7-23-8-6-14/h3-12,25H,1-2H3. The van der Waals surface area contributed by atoms with Gasteiger partial charge in [-0.05, 0) is 30.3 Å². The van der Waals surface area contributed by atoms with Crippen molar-refractivity contribution in [3.05, 3.63) is 77.4 Å². The first-order valence-electron chi connectivity index (χ1n) is 8.71. The number of pyridine rings is 1. The van der Waals surface area contributed by atoms with Crippen LogP contribution in [0.15, 0.2) is 66.0 Å². The molecule has 4 aromatic rings. The van der Waals surface area contributed by atoms with E-state index in [0.717, 1.165) is 0 Å². The minimum absolute atomic E-state index is 0.0503. The molecule has 0 spiro atoms. The number of aromatic nitrogens is 3. The summed E-state index contributed by atoms with van der Waals surface area (Å²) in [6.45, 7) is 0. The summed E-state index contributed by atoms with van der Waals surface area (Å²) in [4.78, 5) is 21.3. The first-order chi connectivity index (χ1) is 14.1. The van der Waals surface area contributed by atoms with E-state index < -0.39 is 5.82 Å². The molecule has 2 aromatic carbocycles. The summed E-state index contributed by atoms with van der Waals surface area (Å²) in [6, 6.07) is 11.5. The maximum Gasteiger partial charge on any atom is 0.265 e. The normalized spacial score (nSPS) is 10.7. The Labute approximate surface area is 165 Å². The molecule has 0 aliphatic rings. The minimum atomic E-state index is -0.561. The van der Waals surface area contributed by atoms with Crippen molar-refractivity contribution in [3.63, 3.8) is 0 Å². The molecule has 7 nitrogen and oxygen atoms in total. The predicted molar refractivity (Wildman–Crippen MR) is 108 cm³/mol. The van der Waals surface area contributed by atoms with Crippen LogP contribution in [0.3, 0.4) is 0 Å². The van der Waals surface area contributed by atoms with Crippen LogP contribution in [0.25, 0.3) is 16.6 Å². The van der Waals surface area contributed by atoms with Gasteiger partial charge < -0.3 is 14.8 Å². The second kappa shape index (κ2) is 7.59. The maximum absolute atomic E-state index is 14.6. The highest BCUT2D eigenvalue weighted by Gasteiger charge is 2.13. The van der Waals surface area contributed by atoms with Gasteiger partial charge in [-0.25, -0.2) is 9.37 Å². The van der Waals surface area contributed by atoms with E-state index in [1.807, 2.05) is 0 Å². The molecular formula is C21H17FN4O3. The highest BCUT2D eigenvalue weighted by atomic mass is 19.1. The van der Waals surface area contributed by atoms with Crippen molar-refractivity contribution in [3.8, 4) is 17.2 Å². The lowest BCUT2D eigenvalue weighted by Crippen LogP contribution is -2.18. The van der Waals surface area contributed by atoms with Gasteiger partial charge in [0.2, 0.25) is 0 Å². The Balaban J connectivity index is 1.78. The van der Waals surface area contributed by atoms with E-state index >= 15 is 0 Å². The summed E-state index contributed by atoms with van der Waals surface area (Å²) in [6.07, 6.45) is 4.67. The summed E-state index contributed by atoms with van der Waals surface area (Å²) in [5.74, 6) is -0.0728. The van der Waals surface area contributed by atoms with Gasteiger partial charge in [-0.2, -0.15) is 0 Å². The molecule has 29 heavy (non-hydrogen) atoms. The Kier molecular flexibility index (Phi) is 4.82. The number of methoxy groups -OCH3 is 2. The van der Waals surface area contributed by atoms with E-state index in [9.17, 15) is 9.18 Å². The topological polar surface area (TPSA) is 78.3 Å². The van der Waals surface area contributed by atoms with E-state index in [2.05, 4.69) is 15.3 Å². The van der Waals surface area contributed by atoms with Crippen LogP contribution in [-0.2, 0) is 0 Å². The number of nitrogens with one attached hydrogen (secondary N) is 1. The third kappa shape index (κ3) is 3.47. The molecule has 0 aliphatic heterocycles. The summed E-state index contributed by atoms with van der Waals surface area (Å²) in [5.41, 5.74) is 1.64. The molecule has 1 N–H and O–H groups in total. The van der Waals surface area contributed by atoms with Crippen LogP contribution in [0.4, 0.5) is 15.8 Å². The zero-order valence-electron chi connectivity index (χ0n) is 15.7. The molecule has 0 saturated carbocycles. The highest BCUT2D eigenvalue weighted by Crippen LogP contribution is 2.32. The molecule has 0 saturated heterocycles. The highest BCUT2D eigenvalue weighted by molar-refractivity contribution is 5.83. The van der Waals surface area contributed by atoms with Crippen LogP contribution in [0.5, 0.6) is 11.5 Å². The van der Waals surface area contributed by atoms with E-state index in [1.54, 1.807) is 42.7 Å². The number of nitrogens with zero attached hydrogens (tertiary/aromatic N) is 3. The minimum Gasteiger partial charge on any atom is -0.497 e. The van der Waals surface area contributed by atoms with Crippen LogP contribution in [0, 0.1) is 5.82 Å². The van der Waals surface area contributed by atoms with E-state index in [0.29, 0.717) is 28.0 Å². The number of rotatable bonds is 5. The van der Waals surface area contributed by atoms with Gasteiger partial charge in [-0.1, -0.05) is 0 Å². The van der Waals surface area contributed by atoms with Gasteiger partial charge in [0.25, 0.3) is 5.56 Å². The lowest BCUT2D eigenvalue weighted by atomic mass is 10.2. The lowest BCUT2D eigenvalue weighted by Gasteiger charge is -2.13. The van der Waals surface area contributed by atoms with Gasteiger partial charge in [-0.15, -0.1) is 0 Å². The SMILES string of the molecule is COc1cc(Nc2ccc3ncn(-c4ccncc4)c(=O)c3c2)c(F)c(OC)c1. The van der Waals surface area contributed by atoms with Crippen LogP contribution >= 0.6 is 0 Å². The second-order valence-electron chi connectivity index (χ2n) is 6.17. The molecule has 8 heteroatoms. The number of ether oxygens (including phenoxy) is 2. The number of halogens is 1. The Bertz CT molecular complexity index is 1240. The Hall–Kier alpha value is -3.94. The Morgan fingerprint density at radius 2 is 1.83 bits per heavy atom. The summed E-state index contributed by atoms with van der Waals surface area (Å²) < 4.78 is 26.3. The quantitative estimate of drug-likeness (QED) is 0.558. The Morgan fingerprint density at radius 3 is 2.55 bits per heavy atom. The smallest absolute Gasteiger partial charge is 0.265 e. The van der Waals surface area contributed by atoms with Crippen molar-refractivity contribution in [2.75, 3.05) is 19.5 Å². The predicted octanol–water partition coefficient (Wildman–Crippen LogP) is 3.68. The molecule has 4 rings (SSSR count). The molecule has 0 radical (unpaired) electrons. The van der Waals surface area contributed by atoms with Crippen LogP contribution in [0.1, 0.15) is 0 Å². The van der Waals surface area contributed by atoms with E-state index in [4.69, 9.17) is 9.47 Å². The zero-order valence-corrected chi connectivity index (χ0v) is 15.7. The van der Waals surface area contributed by atoms with E-state index in [-0.39, 0.29) is 17.0 Å². The Morgan fingerprint density at radius 1 is 1.03 bits per heavy atom. The third-order valence-electron chi connectivity index (χ3n) is 4.45. The molecule has 0 amide bonds. The molecule has 0 fully saturated rings. The molecule has 0 bridgehead atoms. The van der Waals surface area contributed by atoms with Gasteiger partial charge in [0.15, 0.2) is 11.6 Å². The number of anilines is 2. The van der Waals surface area contributed by atoms with Crippen molar-refractivity contribution in [2.24, 2.45) is 0 Å². The fourth-order valence-electron chi connectivity index (χ4n) is 2.97.